The van der Waals surface area contributed by atoms with Gasteiger partial charge in [-0.1, -0.05) is 25.4 Å². The largest absolute Gasteiger partial charge is 0.492 e. The molecule has 0 aliphatic rings. The SMILES string of the molecule is CCOc1cc(/C=N/NC(=O)C(CC(C)C)NC(=O)c2ccc(Cl)cc2)cc(Br)c1OC. The minimum absolute atomic E-state index is 0.187. The van der Waals surface area contributed by atoms with E-state index in [0.717, 1.165) is 0 Å². The number of benzene rings is 2. The summed E-state index contributed by atoms with van der Waals surface area (Å²) >= 11 is 9.32. The van der Waals surface area contributed by atoms with Crippen molar-refractivity contribution in [2.75, 3.05) is 13.7 Å². The van der Waals surface area contributed by atoms with Gasteiger partial charge in [0.25, 0.3) is 11.8 Å². The Bertz CT molecular complexity index is 964. The first-order chi connectivity index (χ1) is 15.2. The van der Waals surface area contributed by atoms with Crippen molar-refractivity contribution < 1.29 is 19.1 Å². The first-order valence-electron chi connectivity index (χ1n) is 10.1. The van der Waals surface area contributed by atoms with E-state index in [1.807, 2.05) is 20.8 Å². The van der Waals surface area contributed by atoms with Crippen LogP contribution in [0.15, 0.2) is 46.0 Å². The van der Waals surface area contributed by atoms with E-state index in [9.17, 15) is 9.59 Å². The number of hydrogen-bond donors (Lipinski definition) is 2. The molecule has 0 aliphatic carbocycles. The molecule has 0 saturated carbocycles. The zero-order chi connectivity index (χ0) is 23.7. The molecule has 0 aliphatic heterocycles. The molecule has 2 aromatic rings. The molecule has 7 nitrogen and oxygen atoms in total. The third-order valence-electron chi connectivity index (χ3n) is 4.36. The number of carbonyl (C=O) groups excluding carboxylic acids is 2. The quantitative estimate of drug-likeness (QED) is 0.345. The lowest BCUT2D eigenvalue weighted by Crippen LogP contribution is -2.46. The zero-order valence-electron chi connectivity index (χ0n) is 18.4. The molecule has 172 valence electrons. The standard InChI is InChI=1S/C23H27BrClN3O4/c1-5-32-20-12-15(11-18(24)21(20)31-4)13-26-28-23(30)19(10-14(2)3)27-22(29)16-6-8-17(25)9-7-16/h6-9,11-14,19H,5,10H2,1-4H3,(H,27,29)(H,28,30)/b26-13+. The molecule has 1 unspecified atom stereocenters. The number of carbonyl (C=O) groups is 2. The highest BCUT2D eigenvalue weighted by molar-refractivity contribution is 9.10. The summed E-state index contributed by atoms with van der Waals surface area (Å²) in [6.07, 6.45) is 1.96. The predicted molar refractivity (Wildman–Crippen MR) is 130 cm³/mol. The minimum atomic E-state index is -0.739. The second-order valence-corrected chi connectivity index (χ2v) is 8.65. The third kappa shape index (κ3) is 7.53. The first-order valence-corrected chi connectivity index (χ1v) is 11.3. The van der Waals surface area contributed by atoms with Gasteiger partial charge < -0.3 is 14.8 Å². The number of hydrogen-bond acceptors (Lipinski definition) is 5. The van der Waals surface area contributed by atoms with Crippen molar-refractivity contribution in [3.63, 3.8) is 0 Å². The minimum Gasteiger partial charge on any atom is -0.492 e. The molecule has 32 heavy (non-hydrogen) atoms. The van der Waals surface area contributed by atoms with Crippen molar-refractivity contribution in [1.82, 2.24) is 10.7 Å². The zero-order valence-corrected chi connectivity index (χ0v) is 20.8. The Morgan fingerprint density at radius 3 is 2.50 bits per heavy atom. The molecular weight excluding hydrogens is 498 g/mol. The first kappa shape index (κ1) is 25.7. The highest BCUT2D eigenvalue weighted by Crippen LogP contribution is 2.36. The van der Waals surface area contributed by atoms with Gasteiger partial charge in [-0.05, 0) is 77.2 Å². The van der Waals surface area contributed by atoms with Crippen molar-refractivity contribution >= 4 is 45.6 Å². The van der Waals surface area contributed by atoms with E-state index in [1.54, 1.807) is 43.5 Å². The molecule has 2 aromatic carbocycles. The van der Waals surface area contributed by atoms with Gasteiger partial charge in [0.2, 0.25) is 0 Å². The number of hydrazone groups is 1. The van der Waals surface area contributed by atoms with Crippen LogP contribution >= 0.6 is 27.5 Å². The number of nitrogens with one attached hydrogen (secondary N) is 2. The molecule has 0 saturated heterocycles. The highest BCUT2D eigenvalue weighted by Gasteiger charge is 2.22. The van der Waals surface area contributed by atoms with Crippen LogP contribution in [0.1, 0.15) is 43.1 Å². The summed E-state index contributed by atoms with van der Waals surface area (Å²) in [6.45, 7) is 6.30. The third-order valence-corrected chi connectivity index (χ3v) is 5.20. The number of nitrogens with zero attached hydrogens (tertiary/aromatic N) is 1. The lowest BCUT2D eigenvalue weighted by Gasteiger charge is -2.19. The van der Waals surface area contributed by atoms with E-state index in [4.69, 9.17) is 21.1 Å². The molecule has 2 amide bonds. The molecule has 1 atom stereocenters. The van der Waals surface area contributed by atoms with E-state index in [-0.39, 0.29) is 11.8 Å². The maximum absolute atomic E-state index is 12.7. The van der Waals surface area contributed by atoms with Crippen LogP contribution in [0.2, 0.25) is 5.02 Å². The molecular formula is C23H27BrClN3O4. The van der Waals surface area contributed by atoms with Crippen LogP contribution in [0, 0.1) is 5.92 Å². The van der Waals surface area contributed by atoms with Gasteiger partial charge in [0.15, 0.2) is 11.5 Å². The molecule has 2 N–H and O–H groups in total. The van der Waals surface area contributed by atoms with Crippen LogP contribution in [-0.2, 0) is 4.79 Å². The van der Waals surface area contributed by atoms with Crippen molar-refractivity contribution in [3.05, 3.63) is 57.0 Å². The fraction of sp³-hybridized carbons (Fsp3) is 0.348. The summed E-state index contributed by atoms with van der Waals surface area (Å²) < 4.78 is 11.6. The number of halogens is 2. The molecule has 9 heteroatoms. The van der Waals surface area contributed by atoms with Crippen LogP contribution in [0.3, 0.4) is 0 Å². The maximum Gasteiger partial charge on any atom is 0.262 e. The summed E-state index contributed by atoms with van der Waals surface area (Å²) in [6, 6.07) is 9.29. The van der Waals surface area contributed by atoms with Crippen LogP contribution < -0.4 is 20.2 Å². The van der Waals surface area contributed by atoms with Crippen LogP contribution in [0.25, 0.3) is 0 Å². The van der Waals surface area contributed by atoms with E-state index in [1.165, 1.54) is 6.21 Å². The van der Waals surface area contributed by atoms with Crippen molar-refractivity contribution in [1.29, 1.82) is 0 Å². The second-order valence-electron chi connectivity index (χ2n) is 7.36. The smallest absolute Gasteiger partial charge is 0.262 e. The average Bonchev–Trinajstić information content (AvgIpc) is 2.73. The number of ether oxygens (including phenoxy) is 2. The van der Waals surface area contributed by atoms with E-state index < -0.39 is 11.9 Å². The molecule has 0 spiro atoms. The Morgan fingerprint density at radius 2 is 1.91 bits per heavy atom. The molecule has 0 radical (unpaired) electrons. The van der Waals surface area contributed by atoms with Crippen LogP contribution in [-0.4, -0.2) is 37.8 Å². The monoisotopic (exact) mass is 523 g/mol. The van der Waals surface area contributed by atoms with Crippen LogP contribution in [0.5, 0.6) is 11.5 Å². The maximum atomic E-state index is 12.7. The average molecular weight is 525 g/mol. The van der Waals surface area contributed by atoms with Gasteiger partial charge in [-0.2, -0.15) is 5.10 Å². The Hall–Kier alpha value is -2.58. The summed E-state index contributed by atoms with van der Waals surface area (Å²) in [4.78, 5) is 25.3. The lowest BCUT2D eigenvalue weighted by atomic mass is 10.0. The van der Waals surface area contributed by atoms with Crippen LogP contribution in [0.4, 0.5) is 0 Å². The van der Waals surface area contributed by atoms with Gasteiger partial charge >= 0.3 is 0 Å². The molecule has 0 fully saturated rings. The second kappa shape index (κ2) is 12.5. The topological polar surface area (TPSA) is 89.0 Å². The van der Waals surface area contributed by atoms with E-state index in [0.29, 0.717) is 45.1 Å². The highest BCUT2D eigenvalue weighted by atomic mass is 79.9. The number of rotatable bonds is 10. The van der Waals surface area contributed by atoms with Crippen molar-refractivity contribution in [2.24, 2.45) is 11.0 Å². The van der Waals surface area contributed by atoms with Gasteiger partial charge in [-0.3, -0.25) is 9.59 Å². The number of amides is 2. The molecule has 0 bridgehead atoms. The van der Waals surface area contributed by atoms with Gasteiger partial charge in [0.1, 0.15) is 6.04 Å². The van der Waals surface area contributed by atoms with E-state index in [2.05, 4.69) is 31.8 Å². The number of methoxy groups -OCH3 is 1. The summed E-state index contributed by atoms with van der Waals surface area (Å²) in [5, 5.41) is 7.35. The van der Waals surface area contributed by atoms with Crippen molar-refractivity contribution in [2.45, 2.75) is 33.2 Å². The summed E-state index contributed by atoms with van der Waals surface area (Å²) in [7, 11) is 1.56. The van der Waals surface area contributed by atoms with Gasteiger partial charge in [0.05, 0.1) is 24.4 Å². The van der Waals surface area contributed by atoms with Gasteiger partial charge in [0, 0.05) is 10.6 Å². The molecule has 2 rings (SSSR count). The van der Waals surface area contributed by atoms with Crippen molar-refractivity contribution in [3.8, 4) is 11.5 Å². The Morgan fingerprint density at radius 1 is 1.22 bits per heavy atom. The van der Waals surface area contributed by atoms with Gasteiger partial charge in [-0.15, -0.1) is 0 Å². The lowest BCUT2D eigenvalue weighted by molar-refractivity contribution is -0.123. The predicted octanol–water partition coefficient (Wildman–Crippen LogP) is 4.80. The molecule has 0 heterocycles. The fourth-order valence-electron chi connectivity index (χ4n) is 2.92. The Balaban J connectivity index is 2.10. The Kier molecular flexibility index (Phi) is 9.99. The summed E-state index contributed by atoms with van der Waals surface area (Å²) in [5.41, 5.74) is 3.63. The normalized spacial score (nSPS) is 12.0. The van der Waals surface area contributed by atoms with Gasteiger partial charge in [-0.25, -0.2) is 5.43 Å². The van der Waals surface area contributed by atoms with E-state index >= 15 is 0 Å². The Labute approximate surface area is 201 Å². The fourth-order valence-corrected chi connectivity index (χ4v) is 3.67. The summed E-state index contributed by atoms with van der Waals surface area (Å²) in [5.74, 6) is 0.563. The molecule has 0 aromatic heterocycles.